The van der Waals surface area contributed by atoms with Crippen LogP contribution < -0.4 is 0 Å². The number of carboxylic acids is 2. The Bertz CT molecular complexity index is 341. The molecule has 0 aliphatic heterocycles. The molecule has 0 bridgehead atoms. The van der Waals surface area contributed by atoms with E-state index in [2.05, 4.69) is 18.7 Å². The molecular formula is C12H26NO7PS. The smallest absolute Gasteiger partial charge is 0.414 e. The molecule has 0 unspecified atom stereocenters. The van der Waals surface area contributed by atoms with Crippen molar-refractivity contribution in [3.8, 4) is 0 Å². The molecule has 0 saturated carbocycles. The minimum absolute atomic E-state index is 0.530. The summed E-state index contributed by atoms with van der Waals surface area (Å²) >= 11 is 5.25. The van der Waals surface area contributed by atoms with Gasteiger partial charge in [-0.25, -0.2) is 9.59 Å². The Hall–Kier alpha value is -0.570. The number of nitrogens with zero attached hydrogens (tertiary/aromatic N) is 1. The molecule has 10 heteroatoms. The fourth-order valence-electron chi connectivity index (χ4n) is 1.25. The Morgan fingerprint density at radius 3 is 1.64 bits per heavy atom. The minimum Gasteiger partial charge on any atom is -0.473 e. The van der Waals surface area contributed by atoms with Gasteiger partial charge < -0.3 is 28.7 Å². The van der Waals surface area contributed by atoms with Gasteiger partial charge in [-0.1, -0.05) is 13.8 Å². The summed E-state index contributed by atoms with van der Waals surface area (Å²) in [5.74, 6) is -3.65. The van der Waals surface area contributed by atoms with Gasteiger partial charge in [0.15, 0.2) is 0 Å². The van der Waals surface area contributed by atoms with E-state index in [1.54, 1.807) is 0 Å². The van der Waals surface area contributed by atoms with Crippen LogP contribution in [0.2, 0.25) is 0 Å². The number of hydrogen-bond acceptors (Lipinski definition) is 7. The molecule has 0 aromatic rings. The zero-order valence-electron chi connectivity index (χ0n) is 13.5. The fraction of sp³-hybridized carbons (Fsp3) is 0.833. The third kappa shape index (κ3) is 13.1. The Balaban J connectivity index is 0. The van der Waals surface area contributed by atoms with Crippen LogP contribution in [0.5, 0.6) is 0 Å². The van der Waals surface area contributed by atoms with Gasteiger partial charge >= 0.3 is 18.7 Å². The molecule has 0 aliphatic carbocycles. The molecule has 0 radical (unpaired) electrons. The van der Waals surface area contributed by atoms with Crippen molar-refractivity contribution in [2.24, 2.45) is 0 Å². The summed E-state index contributed by atoms with van der Waals surface area (Å²) in [6, 6.07) is 0. The molecule has 0 atom stereocenters. The van der Waals surface area contributed by atoms with Gasteiger partial charge in [-0.2, -0.15) is 0 Å². The van der Waals surface area contributed by atoms with Crippen LogP contribution in [0.15, 0.2) is 0 Å². The van der Waals surface area contributed by atoms with E-state index in [0.29, 0.717) is 19.8 Å². The highest BCUT2D eigenvalue weighted by atomic mass is 32.5. The van der Waals surface area contributed by atoms with E-state index >= 15 is 0 Å². The van der Waals surface area contributed by atoms with Crippen LogP contribution in [0.4, 0.5) is 0 Å². The van der Waals surface area contributed by atoms with E-state index in [4.69, 9.17) is 45.2 Å². The van der Waals surface area contributed by atoms with E-state index in [1.165, 1.54) is 0 Å². The Morgan fingerprint density at radius 2 is 1.36 bits per heavy atom. The molecule has 0 spiro atoms. The third-order valence-corrected chi connectivity index (χ3v) is 4.91. The molecular weight excluding hydrogens is 333 g/mol. The van der Waals surface area contributed by atoms with Gasteiger partial charge in [-0.3, -0.25) is 0 Å². The van der Waals surface area contributed by atoms with Gasteiger partial charge in [0.05, 0.1) is 19.8 Å². The van der Waals surface area contributed by atoms with Crippen molar-refractivity contribution in [2.75, 3.05) is 39.5 Å². The fourth-order valence-corrected chi connectivity index (χ4v) is 3.27. The molecule has 0 fully saturated rings. The number of carboxylic acid groups (broad SMARTS) is 2. The van der Waals surface area contributed by atoms with Gasteiger partial charge in [0.2, 0.25) is 0 Å². The highest BCUT2D eigenvalue weighted by Gasteiger charge is 2.19. The van der Waals surface area contributed by atoms with Crippen molar-refractivity contribution in [1.82, 2.24) is 4.90 Å². The van der Waals surface area contributed by atoms with Crippen molar-refractivity contribution < 1.29 is 33.4 Å². The summed E-state index contributed by atoms with van der Waals surface area (Å²) < 4.78 is 16.3. The highest BCUT2D eigenvalue weighted by Crippen LogP contribution is 2.49. The lowest BCUT2D eigenvalue weighted by Gasteiger charge is -2.23. The largest absolute Gasteiger partial charge is 0.473 e. The maximum absolute atomic E-state index is 9.10. The predicted molar refractivity (Wildman–Crippen MR) is 86.5 cm³/mol. The van der Waals surface area contributed by atoms with Crippen molar-refractivity contribution in [1.29, 1.82) is 0 Å². The molecule has 22 heavy (non-hydrogen) atoms. The van der Waals surface area contributed by atoms with E-state index in [9.17, 15) is 0 Å². The first-order chi connectivity index (χ1) is 10.3. The summed E-state index contributed by atoms with van der Waals surface area (Å²) in [4.78, 5) is 20.5. The van der Waals surface area contributed by atoms with Crippen LogP contribution in [0.3, 0.4) is 0 Å². The van der Waals surface area contributed by atoms with E-state index in [0.717, 1.165) is 19.6 Å². The SMILES string of the molecule is CCOP(=S)(OCC)OCCN(CC)CC.O=C(O)C(=O)O. The molecule has 0 amide bonds. The molecule has 0 rings (SSSR count). The second kappa shape index (κ2) is 14.0. The third-order valence-electron chi connectivity index (χ3n) is 2.31. The molecule has 0 heterocycles. The van der Waals surface area contributed by atoms with Crippen LogP contribution >= 0.6 is 6.72 Å². The van der Waals surface area contributed by atoms with Crippen molar-refractivity contribution in [2.45, 2.75) is 27.7 Å². The van der Waals surface area contributed by atoms with Crippen molar-refractivity contribution in [3.63, 3.8) is 0 Å². The maximum atomic E-state index is 9.10. The number of likely N-dealkylation sites (N-methyl/N-ethyl adjacent to an activating group) is 1. The van der Waals surface area contributed by atoms with Gasteiger partial charge in [0, 0.05) is 6.54 Å². The quantitative estimate of drug-likeness (QED) is 0.446. The zero-order chi connectivity index (χ0) is 17.6. The van der Waals surface area contributed by atoms with E-state index in [1.807, 2.05) is 13.8 Å². The standard InChI is InChI=1S/C10H24NO3PS.C2H2O4/c1-5-11(6-2)9-10-14-15(16,12-7-3)13-8-4;3-1(4)2(5)6/h5-10H2,1-4H3;(H,3,4)(H,5,6). The molecule has 2 N–H and O–H groups in total. The summed E-state index contributed by atoms with van der Waals surface area (Å²) in [5.41, 5.74) is 0. The maximum Gasteiger partial charge on any atom is 0.414 e. The van der Waals surface area contributed by atoms with Gasteiger partial charge in [0.25, 0.3) is 0 Å². The lowest BCUT2D eigenvalue weighted by Crippen LogP contribution is -2.26. The Labute approximate surface area is 136 Å². The number of rotatable bonds is 10. The average molecular weight is 359 g/mol. The summed E-state index contributed by atoms with van der Waals surface area (Å²) in [5, 5.41) is 14.8. The second-order valence-electron chi connectivity index (χ2n) is 3.75. The number of aliphatic carboxylic acids is 2. The Morgan fingerprint density at radius 1 is 0.955 bits per heavy atom. The predicted octanol–water partition coefficient (Wildman–Crippen LogP) is 1.80. The summed E-state index contributed by atoms with van der Waals surface area (Å²) in [6.45, 7) is 10.1. The molecule has 0 aromatic heterocycles. The molecule has 0 aromatic carbocycles. The average Bonchev–Trinajstić information content (AvgIpc) is 2.44. The Kier molecular flexibility index (Phi) is 15.1. The first-order valence-electron chi connectivity index (χ1n) is 6.98. The first kappa shape index (κ1) is 23.7. The molecule has 0 aliphatic rings. The summed E-state index contributed by atoms with van der Waals surface area (Å²) in [7, 11) is 0. The van der Waals surface area contributed by atoms with Gasteiger partial charge in [0.1, 0.15) is 0 Å². The first-order valence-corrected chi connectivity index (χ1v) is 9.53. The monoisotopic (exact) mass is 359 g/mol. The topological polar surface area (TPSA) is 106 Å². The van der Waals surface area contributed by atoms with Gasteiger partial charge in [-0.15, -0.1) is 0 Å². The number of hydrogen-bond donors (Lipinski definition) is 2. The van der Waals surface area contributed by atoms with Crippen molar-refractivity contribution in [3.05, 3.63) is 0 Å². The van der Waals surface area contributed by atoms with E-state index < -0.39 is 18.7 Å². The van der Waals surface area contributed by atoms with Crippen LogP contribution in [0, 0.1) is 0 Å². The lowest BCUT2D eigenvalue weighted by atomic mass is 10.5. The van der Waals surface area contributed by atoms with Crippen LogP contribution in [0.25, 0.3) is 0 Å². The van der Waals surface area contributed by atoms with Crippen LogP contribution in [-0.2, 0) is 35.0 Å². The second-order valence-corrected chi connectivity index (χ2v) is 6.76. The van der Waals surface area contributed by atoms with Crippen LogP contribution in [-0.4, -0.2) is 66.5 Å². The molecule has 132 valence electrons. The lowest BCUT2D eigenvalue weighted by molar-refractivity contribution is -0.159. The molecule has 0 saturated heterocycles. The van der Waals surface area contributed by atoms with E-state index in [-0.39, 0.29) is 0 Å². The van der Waals surface area contributed by atoms with Gasteiger partial charge in [-0.05, 0) is 38.7 Å². The summed E-state index contributed by atoms with van der Waals surface area (Å²) in [6.07, 6.45) is 0. The normalized spacial score (nSPS) is 11.0. The molecule has 8 nitrogen and oxygen atoms in total. The van der Waals surface area contributed by atoms with Crippen molar-refractivity contribution >= 4 is 30.5 Å². The zero-order valence-corrected chi connectivity index (χ0v) is 15.2. The number of carbonyl (C=O) groups is 2. The van der Waals surface area contributed by atoms with Crippen LogP contribution in [0.1, 0.15) is 27.7 Å². The highest BCUT2D eigenvalue weighted by molar-refractivity contribution is 8.07. The minimum atomic E-state index is -2.49.